The standard InChI is InChI=1S/C15H25N3/c1-2-3-10-18(13-15-7-5-9-17-15)12-14-6-4-8-16-11-14/h4,6,8,11,15,17H,2-3,5,7,9-10,12-13H2,1H3. The van der Waals surface area contributed by atoms with Crippen LogP contribution in [0.1, 0.15) is 38.2 Å². The highest BCUT2D eigenvalue weighted by Crippen LogP contribution is 2.10. The second-order valence-corrected chi connectivity index (χ2v) is 5.24. The molecule has 0 radical (unpaired) electrons. The first-order valence-corrected chi connectivity index (χ1v) is 7.23. The van der Waals surface area contributed by atoms with Crippen LogP contribution in [0.4, 0.5) is 0 Å². The number of hydrogen-bond donors (Lipinski definition) is 1. The lowest BCUT2D eigenvalue weighted by Crippen LogP contribution is -2.37. The summed E-state index contributed by atoms with van der Waals surface area (Å²) >= 11 is 0. The molecular formula is C15H25N3. The third-order valence-corrected chi connectivity index (χ3v) is 3.60. The van der Waals surface area contributed by atoms with Gasteiger partial charge in [0.05, 0.1) is 0 Å². The van der Waals surface area contributed by atoms with Gasteiger partial charge < -0.3 is 5.32 Å². The number of pyridine rings is 1. The van der Waals surface area contributed by atoms with Gasteiger partial charge in [-0.1, -0.05) is 19.4 Å². The molecule has 100 valence electrons. The molecule has 1 aliphatic rings. The Morgan fingerprint density at radius 1 is 1.50 bits per heavy atom. The number of hydrogen-bond acceptors (Lipinski definition) is 3. The number of nitrogens with zero attached hydrogens (tertiary/aromatic N) is 2. The molecular weight excluding hydrogens is 222 g/mol. The lowest BCUT2D eigenvalue weighted by atomic mass is 10.2. The van der Waals surface area contributed by atoms with E-state index in [-0.39, 0.29) is 0 Å². The second kappa shape index (κ2) is 7.49. The fourth-order valence-electron chi connectivity index (χ4n) is 2.59. The van der Waals surface area contributed by atoms with Crippen LogP contribution in [0.15, 0.2) is 24.5 Å². The zero-order valence-electron chi connectivity index (χ0n) is 11.4. The van der Waals surface area contributed by atoms with E-state index in [1.807, 2.05) is 18.5 Å². The minimum atomic E-state index is 0.693. The van der Waals surface area contributed by atoms with Gasteiger partial charge in [-0.2, -0.15) is 0 Å². The summed E-state index contributed by atoms with van der Waals surface area (Å²) in [6.07, 6.45) is 9.04. The van der Waals surface area contributed by atoms with Gasteiger partial charge >= 0.3 is 0 Å². The molecule has 18 heavy (non-hydrogen) atoms. The van der Waals surface area contributed by atoms with Crippen LogP contribution >= 0.6 is 0 Å². The van der Waals surface area contributed by atoms with Crippen molar-refractivity contribution in [3.8, 4) is 0 Å². The van der Waals surface area contributed by atoms with Crippen molar-refractivity contribution in [2.45, 2.75) is 45.2 Å². The van der Waals surface area contributed by atoms with Crippen LogP contribution in [0.5, 0.6) is 0 Å². The Hall–Kier alpha value is -0.930. The summed E-state index contributed by atoms with van der Waals surface area (Å²) in [6, 6.07) is 4.90. The van der Waals surface area contributed by atoms with Gasteiger partial charge in [0.2, 0.25) is 0 Å². The Morgan fingerprint density at radius 3 is 3.11 bits per heavy atom. The third kappa shape index (κ3) is 4.39. The molecule has 3 heteroatoms. The van der Waals surface area contributed by atoms with Gasteiger partial charge in [-0.3, -0.25) is 9.88 Å². The molecule has 1 atom stereocenters. The summed E-state index contributed by atoms with van der Waals surface area (Å²) in [5.41, 5.74) is 1.33. The van der Waals surface area contributed by atoms with Crippen molar-refractivity contribution >= 4 is 0 Å². The fourth-order valence-corrected chi connectivity index (χ4v) is 2.59. The van der Waals surface area contributed by atoms with E-state index in [0.717, 1.165) is 6.54 Å². The van der Waals surface area contributed by atoms with Gasteiger partial charge in [0, 0.05) is 31.5 Å². The van der Waals surface area contributed by atoms with E-state index in [1.165, 1.54) is 50.9 Å². The van der Waals surface area contributed by atoms with E-state index < -0.39 is 0 Å². The van der Waals surface area contributed by atoms with Crippen LogP contribution in [0, 0.1) is 0 Å². The van der Waals surface area contributed by atoms with Crippen molar-refractivity contribution in [2.75, 3.05) is 19.6 Å². The normalized spacial score (nSPS) is 19.6. The maximum Gasteiger partial charge on any atom is 0.0312 e. The van der Waals surface area contributed by atoms with E-state index in [4.69, 9.17) is 0 Å². The molecule has 0 saturated carbocycles. The molecule has 1 N–H and O–H groups in total. The Labute approximate surface area is 111 Å². The maximum atomic E-state index is 4.21. The smallest absolute Gasteiger partial charge is 0.0312 e. The van der Waals surface area contributed by atoms with Gasteiger partial charge in [-0.25, -0.2) is 0 Å². The van der Waals surface area contributed by atoms with E-state index in [0.29, 0.717) is 6.04 Å². The van der Waals surface area contributed by atoms with Crippen molar-refractivity contribution in [1.29, 1.82) is 0 Å². The molecule has 2 heterocycles. The lowest BCUT2D eigenvalue weighted by molar-refractivity contribution is 0.237. The molecule has 3 nitrogen and oxygen atoms in total. The van der Waals surface area contributed by atoms with E-state index in [9.17, 15) is 0 Å². The Bertz CT molecular complexity index is 320. The molecule has 1 aromatic heterocycles. The zero-order valence-corrected chi connectivity index (χ0v) is 11.4. The van der Waals surface area contributed by atoms with Crippen molar-refractivity contribution in [2.24, 2.45) is 0 Å². The average molecular weight is 247 g/mol. The Morgan fingerprint density at radius 2 is 2.44 bits per heavy atom. The number of rotatable bonds is 7. The third-order valence-electron chi connectivity index (χ3n) is 3.60. The van der Waals surface area contributed by atoms with Gasteiger partial charge in [0.1, 0.15) is 0 Å². The largest absolute Gasteiger partial charge is 0.313 e. The maximum absolute atomic E-state index is 4.21. The molecule has 2 rings (SSSR count). The van der Waals surface area contributed by atoms with Crippen LogP contribution in [-0.4, -0.2) is 35.6 Å². The summed E-state index contributed by atoms with van der Waals surface area (Å²) in [5.74, 6) is 0. The first-order chi connectivity index (χ1) is 8.88. The average Bonchev–Trinajstić information content (AvgIpc) is 2.90. The molecule has 1 aliphatic heterocycles. The van der Waals surface area contributed by atoms with Crippen molar-refractivity contribution in [3.05, 3.63) is 30.1 Å². The molecule has 0 aromatic carbocycles. The number of unbranched alkanes of at least 4 members (excludes halogenated alkanes) is 1. The van der Waals surface area contributed by atoms with Crippen molar-refractivity contribution < 1.29 is 0 Å². The summed E-state index contributed by atoms with van der Waals surface area (Å²) in [7, 11) is 0. The monoisotopic (exact) mass is 247 g/mol. The predicted molar refractivity (Wildman–Crippen MR) is 75.4 cm³/mol. The second-order valence-electron chi connectivity index (χ2n) is 5.24. The topological polar surface area (TPSA) is 28.2 Å². The molecule has 1 aromatic rings. The Balaban J connectivity index is 1.87. The molecule has 0 bridgehead atoms. The van der Waals surface area contributed by atoms with Crippen LogP contribution in [0.25, 0.3) is 0 Å². The van der Waals surface area contributed by atoms with Crippen LogP contribution in [0.3, 0.4) is 0 Å². The minimum absolute atomic E-state index is 0.693. The number of aromatic nitrogens is 1. The number of nitrogens with one attached hydrogen (secondary N) is 1. The minimum Gasteiger partial charge on any atom is -0.313 e. The van der Waals surface area contributed by atoms with Crippen LogP contribution in [-0.2, 0) is 6.54 Å². The molecule has 0 amide bonds. The molecule has 0 aliphatic carbocycles. The first kappa shape index (κ1) is 13.5. The molecule has 1 unspecified atom stereocenters. The summed E-state index contributed by atoms with van der Waals surface area (Å²) in [5, 5.41) is 3.59. The van der Waals surface area contributed by atoms with Gasteiger partial charge in [-0.05, 0) is 44.0 Å². The quantitative estimate of drug-likeness (QED) is 0.802. The summed E-state index contributed by atoms with van der Waals surface area (Å²) < 4.78 is 0. The van der Waals surface area contributed by atoms with Gasteiger partial charge in [-0.15, -0.1) is 0 Å². The van der Waals surface area contributed by atoms with E-state index in [2.05, 4.69) is 28.2 Å². The zero-order chi connectivity index (χ0) is 12.6. The summed E-state index contributed by atoms with van der Waals surface area (Å²) in [6.45, 7) is 6.86. The molecule has 1 fully saturated rings. The first-order valence-electron chi connectivity index (χ1n) is 7.23. The van der Waals surface area contributed by atoms with E-state index in [1.54, 1.807) is 0 Å². The predicted octanol–water partition coefficient (Wildman–Crippen LogP) is 2.44. The van der Waals surface area contributed by atoms with Crippen LogP contribution < -0.4 is 5.32 Å². The fraction of sp³-hybridized carbons (Fsp3) is 0.667. The molecule has 1 saturated heterocycles. The van der Waals surface area contributed by atoms with Gasteiger partial charge in [0.25, 0.3) is 0 Å². The SMILES string of the molecule is CCCCN(Cc1cccnc1)CC1CCCN1. The highest BCUT2D eigenvalue weighted by atomic mass is 15.2. The van der Waals surface area contributed by atoms with Gasteiger partial charge in [0.15, 0.2) is 0 Å². The highest BCUT2D eigenvalue weighted by molar-refractivity contribution is 5.08. The Kier molecular flexibility index (Phi) is 5.62. The lowest BCUT2D eigenvalue weighted by Gasteiger charge is -2.25. The van der Waals surface area contributed by atoms with Crippen molar-refractivity contribution in [3.63, 3.8) is 0 Å². The summed E-state index contributed by atoms with van der Waals surface area (Å²) in [4.78, 5) is 6.78. The highest BCUT2D eigenvalue weighted by Gasteiger charge is 2.17. The van der Waals surface area contributed by atoms with Crippen molar-refractivity contribution in [1.82, 2.24) is 15.2 Å². The van der Waals surface area contributed by atoms with E-state index >= 15 is 0 Å². The van der Waals surface area contributed by atoms with Crippen LogP contribution in [0.2, 0.25) is 0 Å². The molecule has 0 spiro atoms.